The van der Waals surface area contributed by atoms with Gasteiger partial charge in [-0.15, -0.1) is 0 Å². The Morgan fingerprint density at radius 2 is 1.96 bits per heavy atom. The van der Waals surface area contributed by atoms with E-state index in [0.29, 0.717) is 24.2 Å². The molecule has 0 atom stereocenters. The van der Waals surface area contributed by atoms with Crippen LogP contribution in [-0.2, 0) is 13.1 Å². The number of para-hydroxylation sites is 1. The predicted octanol–water partition coefficient (Wildman–Crippen LogP) is 2.30. The smallest absolute Gasteiger partial charge is 0.256 e. The SMILES string of the molecule is O=C(c1cnc2c(c1)ncn2-c1ccccc1)N1Cc2cn[nH]c2C1. The molecule has 25 heavy (non-hydrogen) atoms. The Bertz CT molecular complexity index is 1060. The monoisotopic (exact) mass is 330 g/mol. The maximum Gasteiger partial charge on any atom is 0.256 e. The molecule has 4 aromatic rings. The van der Waals surface area contributed by atoms with Gasteiger partial charge in [0.05, 0.1) is 24.0 Å². The Morgan fingerprint density at radius 1 is 1.08 bits per heavy atom. The van der Waals surface area contributed by atoms with Gasteiger partial charge in [-0.05, 0) is 18.2 Å². The van der Waals surface area contributed by atoms with Crippen LogP contribution < -0.4 is 0 Å². The van der Waals surface area contributed by atoms with Crippen molar-refractivity contribution in [2.24, 2.45) is 0 Å². The van der Waals surface area contributed by atoms with Gasteiger partial charge >= 0.3 is 0 Å². The Kier molecular flexibility index (Phi) is 2.93. The van der Waals surface area contributed by atoms with Crippen molar-refractivity contribution < 1.29 is 4.79 Å². The molecule has 1 aliphatic heterocycles. The van der Waals surface area contributed by atoms with Gasteiger partial charge in [0.1, 0.15) is 11.8 Å². The minimum Gasteiger partial charge on any atom is -0.328 e. The summed E-state index contributed by atoms with van der Waals surface area (Å²) in [7, 11) is 0. The van der Waals surface area contributed by atoms with Gasteiger partial charge in [-0.2, -0.15) is 5.10 Å². The van der Waals surface area contributed by atoms with E-state index in [4.69, 9.17) is 0 Å². The molecule has 0 fully saturated rings. The normalized spacial score (nSPS) is 13.4. The summed E-state index contributed by atoms with van der Waals surface area (Å²) < 4.78 is 1.91. The molecule has 122 valence electrons. The minimum absolute atomic E-state index is 0.0479. The molecule has 0 saturated carbocycles. The highest BCUT2D eigenvalue weighted by Crippen LogP contribution is 2.23. The van der Waals surface area contributed by atoms with Gasteiger partial charge in [-0.3, -0.25) is 14.5 Å². The van der Waals surface area contributed by atoms with E-state index in [1.165, 1.54) is 0 Å². The van der Waals surface area contributed by atoms with Crippen LogP contribution in [0.25, 0.3) is 16.9 Å². The number of carbonyl (C=O) groups is 1. The topological polar surface area (TPSA) is 79.7 Å². The molecule has 3 aromatic heterocycles. The number of H-pyrrole nitrogens is 1. The average Bonchev–Trinajstić information content (AvgIpc) is 3.35. The summed E-state index contributed by atoms with van der Waals surface area (Å²) in [4.78, 5) is 23.4. The van der Waals surface area contributed by atoms with Crippen molar-refractivity contribution in [3.05, 3.63) is 71.9 Å². The summed E-state index contributed by atoms with van der Waals surface area (Å²) in [6.45, 7) is 1.12. The number of hydrogen-bond donors (Lipinski definition) is 1. The molecule has 0 radical (unpaired) electrons. The van der Waals surface area contributed by atoms with Crippen LogP contribution in [0.4, 0.5) is 0 Å². The van der Waals surface area contributed by atoms with E-state index >= 15 is 0 Å². The summed E-state index contributed by atoms with van der Waals surface area (Å²) in [6, 6.07) is 11.7. The lowest BCUT2D eigenvalue weighted by Gasteiger charge is -2.15. The number of fused-ring (bicyclic) bond motifs is 2. The van der Waals surface area contributed by atoms with Crippen molar-refractivity contribution in [2.75, 3.05) is 0 Å². The molecule has 0 aliphatic carbocycles. The van der Waals surface area contributed by atoms with E-state index in [0.717, 1.165) is 22.6 Å². The fourth-order valence-electron chi connectivity index (χ4n) is 3.19. The molecule has 0 saturated heterocycles. The van der Waals surface area contributed by atoms with Crippen molar-refractivity contribution >= 4 is 17.1 Å². The van der Waals surface area contributed by atoms with E-state index in [-0.39, 0.29) is 5.91 Å². The first-order chi connectivity index (χ1) is 12.3. The standard InChI is InChI=1S/C18H14N6O/c25-18(23-9-13-8-21-22-16(13)10-23)12-6-15-17(19-7-12)24(11-20-15)14-4-2-1-3-5-14/h1-8,11H,9-10H2,(H,21,22). The number of pyridine rings is 1. The third kappa shape index (κ3) is 2.20. The Hall–Kier alpha value is -3.48. The molecule has 1 aliphatic rings. The predicted molar refractivity (Wildman–Crippen MR) is 91.0 cm³/mol. The lowest BCUT2D eigenvalue weighted by molar-refractivity contribution is 0.0749. The molecule has 5 rings (SSSR count). The van der Waals surface area contributed by atoms with E-state index in [2.05, 4.69) is 20.2 Å². The maximum atomic E-state index is 12.8. The summed E-state index contributed by atoms with van der Waals surface area (Å²) in [5.74, 6) is -0.0479. The summed E-state index contributed by atoms with van der Waals surface area (Å²) >= 11 is 0. The van der Waals surface area contributed by atoms with Crippen molar-refractivity contribution in [2.45, 2.75) is 13.1 Å². The van der Waals surface area contributed by atoms with Gasteiger partial charge in [-0.25, -0.2) is 9.97 Å². The molecule has 1 amide bonds. The van der Waals surface area contributed by atoms with Gasteiger partial charge < -0.3 is 4.90 Å². The first-order valence-electron chi connectivity index (χ1n) is 7.98. The molecule has 0 unspecified atom stereocenters. The van der Waals surface area contributed by atoms with E-state index < -0.39 is 0 Å². The number of benzene rings is 1. The zero-order chi connectivity index (χ0) is 16.8. The van der Waals surface area contributed by atoms with Crippen molar-refractivity contribution in [3.8, 4) is 5.69 Å². The highest BCUT2D eigenvalue weighted by Gasteiger charge is 2.26. The van der Waals surface area contributed by atoms with Crippen LogP contribution in [-0.4, -0.2) is 35.5 Å². The lowest BCUT2D eigenvalue weighted by atomic mass is 10.2. The van der Waals surface area contributed by atoms with Crippen molar-refractivity contribution in [1.29, 1.82) is 0 Å². The highest BCUT2D eigenvalue weighted by atomic mass is 16.2. The number of amides is 1. The molecule has 7 heteroatoms. The Labute approximate surface area is 142 Å². The third-order valence-electron chi connectivity index (χ3n) is 4.47. The van der Waals surface area contributed by atoms with Crippen LogP contribution in [0.3, 0.4) is 0 Å². The van der Waals surface area contributed by atoms with Gasteiger partial charge in [0.25, 0.3) is 5.91 Å². The van der Waals surface area contributed by atoms with Crippen LogP contribution in [0.5, 0.6) is 0 Å². The second kappa shape index (κ2) is 5.27. The molecule has 0 bridgehead atoms. The van der Waals surface area contributed by atoms with Crippen LogP contribution in [0.15, 0.2) is 55.1 Å². The number of nitrogens with zero attached hydrogens (tertiary/aromatic N) is 5. The zero-order valence-electron chi connectivity index (χ0n) is 13.3. The molecular weight excluding hydrogens is 316 g/mol. The number of aromatic amines is 1. The van der Waals surface area contributed by atoms with Crippen LogP contribution in [0.2, 0.25) is 0 Å². The molecule has 0 spiro atoms. The second-order valence-corrected chi connectivity index (χ2v) is 6.05. The number of imidazole rings is 1. The Morgan fingerprint density at radius 3 is 2.80 bits per heavy atom. The average molecular weight is 330 g/mol. The van der Waals surface area contributed by atoms with Crippen LogP contribution in [0, 0.1) is 0 Å². The van der Waals surface area contributed by atoms with Crippen LogP contribution >= 0.6 is 0 Å². The fourth-order valence-corrected chi connectivity index (χ4v) is 3.19. The summed E-state index contributed by atoms with van der Waals surface area (Å²) in [5.41, 5.74) is 5.03. The molecular formula is C18H14N6O. The van der Waals surface area contributed by atoms with Crippen molar-refractivity contribution in [1.82, 2.24) is 29.6 Å². The van der Waals surface area contributed by atoms with E-state index in [9.17, 15) is 4.79 Å². The van der Waals surface area contributed by atoms with Gasteiger partial charge in [0.2, 0.25) is 0 Å². The number of nitrogens with one attached hydrogen (secondary N) is 1. The lowest BCUT2D eigenvalue weighted by Crippen LogP contribution is -2.25. The number of hydrogen-bond acceptors (Lipinski definition) is 4. The molecule has 1 aromatic carbocycles. The molecule has 7 nitrogen and oxygen atoms in total. The molecule has 4 heterocycles. The van der Waals surface area contributed by atoms with E-state index in [1.807, 2.05) is 34.9 Å². The maximum absolute atomic E-state index is 12.8. The fraction of sp³-hybridized carbons (Fsp3) is 0.111. The highest BCUT2D eigenvalue weighted by molar-refractivity contribution is 5.96. The van der Waals surface area contributed by atoms with Crippen molar-refractivity contribution in [3.63, 3.8) is 0 Å². The van der Waals surface area contributed by atoms with E-state index in [1.54, 1.807) is 29.7 Å². The van der Waals surface area contributed by atoms with Crippen LogP contribution in [0.1, 0.15) is 21.6 Å². The minimum atomic E-state index is -0.0479. The zero-order valence-corrected chi connectivity index (χ0v) is 13.3. The largest absolute Gasteiger partial charge is 0.328 e. The summed E-state index contributed by atoms with van der Waals surface area (Å²) in [6.07, 6.45) is 5.12. The number of rotatable bonds is 2. The quantitative estimate of drug-likeness (QED) is 0.611. The Balaban J connectivity index is 1.47. The number of aromatic nitrogens is 5. The summed E-state index contributed by atoms with van der Waals surface area (Å²) in [5, 5.41) is 6.92. The van der Waals surface area contributed by atoms with Gasteiger partial charge in [0, 0.05) is 24.0 Å². The second-order valence-electron chi connectivity index (χ2n) is 6.05. The van der Waals surface area contributed by atoms with Gasteiger partial charge in [0.15, 0.2) is 5.65 Å². The van der Waals surface area contributed by atoms with Gasteiger partial charge in [-0.1, -0.05) is 18.2 Å². The first-order valence-corrected chi connectivity index (χ1v) is 7.98. The first kappa shape index (κ1) is 13.9. The number of carbonyl (C=O) groups excluding carboxylic acids is 1. The molecule has 1 N–H and O–H groups in total. The third-order valence-corrected chi connectivity index (χ3v) is 4.47.